The molecule has 0 spiro atoms. The lowest BCUT2D eigenvalue weighted by atomic mass is 9.94. The summed E-state index contributed by atoms with van der Waals surface area (Å²) in [6.45, 7) is 1.67. The van der Waals surface area contributed by atoms with Crippen LogP contribution in [0.4, 0.5) is 0 Å². The highest BCUT2D eigenvalue weighted by molar-refractivity contribution is 8.00. The summed E-state index contributed by atoms with van der Waals surface area (Å²) < 4.78 is 0. The van der Waals surface area contributed by atoms with Crippen LogP contribution >= 0.6 is 11.8 Å². The van der Waals surface area contributed by atoms with Gasteiger partial charge in [0.15, 0.2) is 17.3 Å². The molecule has 3 nitrogen and oxygen atoms in total. The topological polar surface area (TPSA) is 51.2 Å². The van der Waals surface area contributed by atoms with Gasteiger partial charge in [-0.15, -0.1) is 11.8 Å². The molecule has 1 fully saturated rings. The molecule has 0 radical (unpaired) electrons. The Morgan fingerprint density at radius 2 is 1.92 bits per heavy atom. The van der Waals surface area contributed by atoms with Crippen molar-refractivity contribution in [2.75, 3.05) is 11.5 Å². The zero-order valence-corrected chi connectivity index (χ0v) is 7.65. The van der Waals surface area contributed by atoms with E-state index in [-0.39, 0.29) is 23.8 Å². The summed E-state index contributed by atoms with van der Waals surface area (Å²) in [6.07, 6.45) is 0.271. The molecule has 0 bridgehead atoms. The molecule has 0 N–H and O–H groups in total. The lowest BCUT2D eigenvalue weighted by Crippen LogP contribution is -2.37. The molecule has 0 atom stereocenters. The van der Waals surface area contributed by atoms with Crippen LogP contribution < -0.4 is 0 Å². The fourth-order valence-electron chi connectivity index (χ4n) is 1.16. The monoisotopic (exact) mass is 186 g/mol. The Labute approximate surface area is 74.9 Å². The number of thioether (sulfide) groups is 1. The minimum atomic E-state index is -0.934. The Balaban J connectivity index is 2.76. The molecule has 0 aromatic heterocycles. The summed E-state index contributed by atoms with van der Waals surface area (Å²) in [5, 5.41) is 0. The first-order chi connectivity index (χ1) is 5.66. The van der Waals surface area contributed by atoms with Gasteiger partial charge in [-0.3, -0.25) is 14.4 Å². The normalized spacial score (nSPS) is 19.8. The van der Waals surface area contributed by atoms with Gasteiger partial charge >= 0.3 is 0 Å². The first-order valence-corrected chi connectivity index (χ1v) is 4.98. The van der Waals surface area contributed by atoms with E-state index >= 15 is 0 Å². The molecule has 0 aromatic rings. The van der Waals surface area contributed by atoms with E-state index < -0.39 is 5.92 Å². The minimum Gasteiger partial charge on any atom is -0.298 e. The number of rotatable bonds is 2. The lowest BCUT2D eigenvalue weighted by Gasteiger charge is -2.16. The fraction of sp³-hybridized carbons (Fsp3) is 0.625. The van der Waals surface area contributed by atoms with Gasteiger partial charge in [-0.25, -0.2) is 0 Å². The maximum atomic E-state index is 11.1. The molecule has 1 rings (SSSR count). The summed E-state index contributed by atoms with van der Waals surface area (Å²) in [5.74, 6) is -0.989. The maximum Gasteiger partial charge on any atom is 0.160 e. The van der Waals surface area contributed by atoms with Gasteiger partial charge in [0.05, 0.1) is 11.5 Å². The van der Waals surface area contributed by atoms with Crippen molar-refractivity contribution in [3.63, 3.8) is 0 Å². The lowest BCUT2D eigenvalue weighted by molar-refractivity contribution is -0.138. The van der Waals surface area contributed by atoms with Gasteiger partial charge in [-0.2, -0.15) is 0 Å². The molecule has 0 unspecified atom stereocenters. The van der Waals surface area contributed by atoms with Gasteiger partial charge in [0, 0.05) is 6.42 Å². The molecule has 12 heavy (non-hydrogen) atoms. The van der Waals surface area contributed by atoms with Crippen molar-refractivity contribution in [2.45, 2.75) is 13.3 Å². The predicted octanol–water partition coefficient (Wildman–Crippen LogP) is 0.467. The molecular formula is C8H10O3S. The number of Topliss-reactive ketones (excluding diaryl/α,β-unsaturated/α-hetero) is 3. The van der Waals surface area contributed by atoms with E-state index in [9.17, 15) is 14.4 Å². The Morgan fingerprint density at radius 1 is 1.42 bits per heavy atom. The number of ketones is 3. The average Bonchev–Trinajstić information content (AvgIpc) is 2.03. The van der Waals surface area contributed by atoms with E-state index in [0.29, 0.717) is 11.5 Å². The number of hydrogen-bond acceptors (Lipinski definition) is 4. The average molecular weight is 186 g/mol. The van der Waals surface area contributed by atoms with Crippen LogP contribution in [0.5, 0.6) is 0 Å². The Bertz CT molecular complexity index is 207. The largest absolute Gasteiger partial charge is 0.298 e. The summed E-state index contributed by atoms with van der Waals surface area (Å²) in [7, 11) is 0. The Hall–Kier alpha value is -0.640. The van der Waals surface area contributed by atoms with Crippen molar-refractivity contribution in [2.24, 2.45) is 5.92 Å². The molecule has 1 heterocycles. The third-order valence-corrected chi connectivity index (χ3v) is 2.78. The molecule has 1 aliphatic heterocycles. The van der Waals surface area contributed by atoms with E-state index in [1.807, 2.05) is 0 Å². The molecule has 0 amide bonds. The summed E-state index contributed by atoms with van der Waals surface area (Å²) >= 11 is 1.29. The van der Waals surface area contributed by atoms with Crippen molar-refractivity contribution in [3.05, 3.63) is 0 Å². The quantitative estimate of drug-likeness (QED) is 0.588. The highest BCUT2D eigenvalue weighted by atomic mass is 32.2. The van der Waals surface area contributed by atoms with Gasteiger partial charge < -0.3 is 0 Å². The van der Waals surface area contributed by atoms with Crippen molar-refractivity contribution in [1.29, 1.82) is 0 Å². The maximum absolute atomic E-state index is 11.1. The SMILES string of the molecule is CCC(=O)C1C(=O)CSCC1=O. The van der Waals surface area contributed by atoms with E-state index in [0.717, 1.165) is 0 Å². The zero-order valence-electron chi connectivity index (χ0n) is 6.83. The van der Waals surface area contributed by atoms with Crippen molar-refractivity contribution in [3.8, 4) is 0 Å². The van der Waals surface area contributed by atoms with E-state index in [2.05, 4.69) is 0 Å². The van der Waals surface area contributed by atoms with Crippen molar-refractivity contribution >= 4 is 29.1 Å². The molecular weight excluding hydrogens is 176 g/mol. The first-order valence-electron chi connectivity index (χ1n) is 3.82. The molecule has 1 saturated heterocycles. The van der Waals surface area contributed by atoms with Crippen LogP contribution in [0.1, 0.15) is 13.3 Å². The fourth-order valence-corrected chi connectivity index (χ4v) is 2.00. The van der Waals surface area contributed by atoms with Gasteiger partial charge in [-0.05, 0) is 0 Å². The van der Waals surface area contributed by atoms with Gasteiger partial charge in [0.1, 0.15) is 5.92 Å². The Morgan fingerprint density at radius 3 is 2.33 bits per heavy atom. The first kappa shape index (κ1) is 9.45. The zero-order chi connectivity index (χ0) is 9.14. The highest BCUT2D eigenvalue weighted by Crippen LogP contribution is 2.18. The van der Waals surface area contributed by atoms with Crippen LogP contribution in [0.25, 0.3) is 0 Å². The molecule has 4 heteroatoms. The molecule has 0 saturated carbocycles. The van der Waals surface area contributed by atoms with Crippen LogP contribution in [0.2, 0.25) is 0 Å². The van der Waals surface area contributed by atoms with Gasteiger partial charge in [0.25, 0.3) is 0 Å². The van der Waals surface area contributed by atoms with Crippen LogP contribution in [-0.2, 0) is 14.4 Å². The van der Waals surface area contributed by atoms with E-state index in [1.165, 1.54) is 11.8 Å². The summed E-state index contributed by atoms with van der Waals surface area (Å²) in [6, 6.07) is 0. The standard InChI is InChI=1S/C8H10O3S/c1-2-5(9)8-6(10)3-12-4-7(8)11/h8H,2-4H2,1H3. The van der Waals surface area contributed by atoms with Crippen LogP contribution in [0.15, 0.2) is 0 Å². The third-order valence-electron chi connectivity index (χ3n) is 1.80. The summed E-state index contributed by atoms with van der Waals surface area (Å²) in [5.41, 5.74) is 0. The molecule has 66 valence electrons. The van der Waals surface area contributed by atoms with Crippen LogP contribution in [0, 0.1) is 5.92 Å². The third kappa shape index (κ3) is 1.75. The van der Waals surface area contributed by atoms with Crippen LogP contribution in [0.3, 0.4) is 0 Å². The number of carbonyl (C=O) groups is 3. The van der Waals surface area contributed by atoms with Crippen molar-refractivity contribution < 1.29 is 14.4 Å². The number of hydrogen-bond donors (Lipinski definition) is 0. The second-order valence-electron chi connectivity index (χ2n) is 2.68. The van der Waals surface area contributed by atoms with Crippen molar-refractivity contribution in [1.82, 2.24) is 0 Å². The predicted molar refractivity (Wildman–Crippen MR) is 46.1 cm³/mol. The summed E-state index contributed by atoms with van der Waals surface area (Å²) in [4.78, 5) is 33.4. The molecule has 0 aliphatic carbocycles. The second kappa shape index (κ2) is 3.85. The van der Waals surface area contributed by atoms with Gasteiger partial charge in [-0.1, -0.05) is 6.92 Å². The van der Waals surface area contributed by atoms with E-state index in [1.54, 1.807) is 6.92 Å². The van der Waals surface area contributed by atoms with Gasteiger partial charge in [0.2, 0.25) is 0 Å². The highest BCUT2D eigenvalue weighted by Gasteiger charge is 2.34. The van der Waals surface area contributed by atoms with E-state index in [4.69, 9.17) is 0 Å². The molecule has 1 aliphatic rings. The molecule has 0 aromatic carbocycles. The second-order valence-corrected chi connectivity index (χ2v) is 3.66. The Kier molecular flexibility index (Phi) is 3.03. The smallest absolute Gasteiger partial charge is 0.160 e. The minimum absolute atomic E-state index is 0.219. The number of carbonyl (C=O) groups excluding carboxylic acids is 3. The van der Waals surface area contributed by atoms with Crippen LogP contribution in [-0.4, -0.2) is 28.9 Å².